The summed E-state index contributed by atoms with van der Waals surface area (Å²) in [5, 5.41) is 0.589. The van der Waals surface area contributed by atoms with Gasteiger partial charge in [-0.15, -0.1) is 0 Å². The number of pyridine rings is 1. The standard InChI is InChI=1S/C15H14F3N3O2/c16-15(17,18)9-1-2-10-11(7-9)20-4-3-12(10)21-5-6-23-13(8-21)14(19)22/h1-4,7,13H,5-6,8H2,(H2,19,22). The van der Waals surface area contributed by atoms with Crippen molar-refractivity contribution in [2.75, 3.05) is 24.6 Å². The fourth-order valence-electron chi connectivity index (χ4n) is 2.63. The van der Waals surface area contributed by atoms with Crippen LogP contribution in [0, 0.1) is 0 Å². The van der Waals surface area contributed by atoms with Crippen LogP contribution in [0.1, 0.15) is 5.56 Å². The molecule has 1 unspecified atom stereocenters. The molecule has 3 rings (SSSR count). The normalized spacial score (nSPS) is 19.1. The predicted molar refractivity (Wildman–Crippen MR) is 77.9 cm³/mol. The molecule has 5 nitrogen and oxygen atoms in total. The molecule has 1 fully saturated rings. The Hall–Kier alpha value is -2.35. The first-order chi connectivity index (χ1) is 10.9. The average Bonchev–Trinajstić information content (AvgIpc) is 2.53. The second kappa shape index (κ2) is 5.69. The number of halogens is 3. The highest BCUT2D eigenvalue weighted by molar-refractivity contribution is 5.92. The first kappa shape index (κ1) is 15.5. The molecular weight excluding hydrogens is 311 g/mol. The lowest BCUT2D eigenvalue weighted by atomic mass is 10.1. The fraction of sp³-hybridized carbons (Fsp3) is 0.333. The Bertz CT molecular complexity index is 748. The Labute approximate surface area is 129 Å². The molecule has 2 aromatic rings. The largest absolute Gasteiger partial charge is 0.416 e. The lowest BCUT2D eigenvalue weighted by Gasteiger charge is -2.33. The van der Waals surface area contributed by atoms with Crippen LogP contribution in [0.2, 0.25) is 0 Å². The van der Waals surface area contributed by atoms with Crippen molar-refractivity contribution in [1.82, 2.24) is 4.98 Å². The number of nitrogens with two attached hydrogens (primary N) is 1. The number of ether oxygens (including phenoxy) is 1. The van der Waals surface area contributed by atoms with Crippen molar-refractivity contribution in [2.24, 2.45) is 5.73 Å². The number of morpholine rings is 1. The first-order valence-electron chi connectivity index (χ1n) is 6.98. The molecule has 1 saturated heterocycles. The molecule has 1 aromatic carbocycles. The minimum atomic E-state index is -4.41. The Morgan fingerprint density at radius 1 is 1.35 bits per heavy atom. The maximum Gasteiger partial charge on any atom is 0.416 e. The van der Waals surface area contributed by atoms with E-state index >= 15 is 0 Å². The summed E-state index contributed by atoms with van der Waals surface area (Å²) in [7, 11) is 0. The van der Waals surface area contributed by atoms with Crippen molar-refractivity contribution >= 4 is 22.5 Å². The molecule has 1 amide bonds. The van der Waals surface area contributed by atoms with Gasteiger partial charge in [0, 0.05) is 23.8 Å². The van der Waals surface area contributed by atoms with Crippen LogP contribution in [-0.4, -0.2) is 36.7 Å². The SMILES string of the molecule is NC(=O)C1CN(c2ccnc3cc(C(F)(F)F)ccc23)CCO1. The minimum absolute atomic E-state index is 0.249. The topological polar surface area (TPSA) is 68.5 Å². The number of nitrogens with zero attached hydrogens (tertiary/aromatic N) is 2. The van der Waals surface area contributed by atoms with Crippen LogP contribution in [0.5, 0.6) is 0 Å². The van der Waals surface area contributed by atoms with E-state index in [0.29, 0.717) is 24.2 Å². The third kappa shape index (κ3) is 3.07. The highest BCUT2D eigenvalue weighted by Gasteiger charge is 2.31. The van der Waals surface area contributed by atoms with E-state index < -0.39 is 23.8 Å². The van der Waals surface area contributed by atoms with Gasteiger partial charge in [-0.05, 0) is 18.2 Å². The summed E-state index contributed by atoms with van der Waals surface area (Å²) in [5.74, 6) is -0.563. The van der Waals surface area contributed by atoms with Crippen LogP contribution in [0.3, 0.4) is 0 Å². The van der Waals surface area contributed by atoms with Gasteiger partial charge in [-0.1, -0.05) is 6.07 Å². The molecular formula is C15H14F3N3O2. The number of primary amides is 1. The Kier molecular flexibility index (Phi) is 3.85. The van der Waals surface area contributed by atoms with E-state index in [1.165, 1.54) is 12.3 Å². The second-order valence-corrected chi connectivity index (χ2v) is 5.27. The van der Waals surface area contributed by atoms with E-state index in [1.807, 2.05) is 4.90 Å². The smallest absolute Gasteiger partial charge is 0.367 e. The molecule has 0 aliphatic carbocycles. The molecule has 2 heterocycles. The maximum atomic E-state index is 12.8. The number of alkyl halides is 3. The zero-order valence-corrected chi connectivity index (χ0v) is 12.0. The Morgan fingerprint density at radius 3 is 2.83 bits per heavy atom. The molecule has 122 valence electrons. The van der Waals surface area contributed by atoms with Gasteiger partial charge in [0.2, 0.25) is 5.91 Å². The number of benzene rings is 1. The molecule has 1 atom stereocenters. The van der Waals surface area contributed by atoms with Crippen molar-refractivity contribution in [3.05, 3.63) is 36.0 Å². The highest BCUT2D eigenvalue weighted by atomic mass is 19.4. The molecule has 0 radical (unpaired) electrons. The zero-order valence-electron chi connectivity index (χ0n) is 12.0. The second-order valence-electron chi connectivity index (χ2n) is 5.27. The summed E-state index contributed by atoms with van der Waals surface area (Å²) in [6.07, 6.45) is -3.70. The summed E-state index contributed by atoms with van der Waals surface area (Å²) < 4.78 is 43.7. The van der Waals surface area contributed by atoms with E-state index in [4.69, 9.17) is 10.5 Å². The number of rotatable bonds is 2. The van der Waals surface area contributed by atoms with Crippen LogP contribution in [0.25, 0.3) is 10.9 Å². The number of aromatic nitrogens is 1. The van der Waals surface area contributed by atoms with Crippen LogP contribution in [0.4, 0.5) is 18.9 Å². The predicted octanol–water partition coefficient (Wildman–Crippen LogP) is 1.94. The van der Waals surface area contributed by atoms with E-state index in [1.54, 1.807) is 6.07 Å². The highest BCUT2D eigenvalue weighted by Crippen LogP contribution is 2.33. The van der Waals surface area contributed by atoms with E-state index in [-0.39, 0.29) is 12.1 Å². The summed E-state index contributed by atoms with van der Waals surface area (Å²) in [6, 6.07) is 5.15. The van der Waals surface area contributed by atoms with Crippen LogP contribution >= 0.6 is 0 Å². The third-order valence-corrected chi connectivity index (χ3v) is 3.77. The van der Waals surface area contributed by atoms with Crippen molar-refractivity contribution in [3.8, 4) is 0 Å². The molecule has 1 aromatic heterocycles. The number of carbonyl (C=O) groups is 1. The van der Waals surface area contributed by atoms with Crippen molar-refractivity contribution in [2.45, 2.75) is 12.3 Å². The molecule has 1 aliphatic heterocycles. The molecule has 8 heteroatoms. The quantitative estimate of drug-likeness (QED) is 0.916. The monoisotopic (exact) mass is 325 g/mol. The van der Waals surface area contributed by atoms with E-state index in [2.05, 4.69) is 4.98 Å². The van der Waals surface area contributed by atoms with Crippen LogP contribution in [0.15, 0.2) is 30.5 Å². The van der Waals surface area contributed by atoms with Crippen molar-refractivity contribution < 1.29 is 22.7 Å². The fourth-order valence-corrected chi connectivity index (χ4v) is 2.63. The number of hydrogen-bond acceptors (Lipinski definition) is 4. The number of amides is 1. The summed E-state index contributed by atoms with van der Waals surface area (Å²) >= 11 is 0. The number of anilines is 1. The minimum Gasteiger partial charge on any atom is -0.367 e. The lowest BCUT2D eigenvalue weighted by molar-refractivity contribution is -0.137. The summed E-state index contributed by atoms with van der Waals surface area (Å²) in [4.78, 5) is 17.2. The van der Waals surface area contributed by atoms with Gasteiger partial charge in [0.25, 0.3) is 0 Å². The molecule has 0 bridgehead atoms. The molecule has 0 saturated carbocycles. The van der Waals surface area contributed by atoms with Gasteiger partial charge in [-0.2, -0.15) is 13.2 Å². The Balaban J connectivity index is 2.00. The van der Waals surface area contributed by atoms with Crippen molar-refractivity contribution in [3.63, 3.8) is 0 Å². The molecule has 1 aliphatic rings. The van der Waals surface area contributed by atoms with Gasteiger partial charge < -0.3 is 15.4 Å². The summed E-state index contributed by atoms with van der Waals surface area (Å²) in [6.45, 7) is 1.09. The van der Waals surface area contributed by atoms with Crippen LogP contribution < -0.4 is 10.6 Å². The first-order valence-corrected chi connectivity index (χ1v) is 6.98. The van der Waals surface area contributed by atoms with Gasteiger partial charge in [-0.3, -0.25) is 9.78 Å². The lowest BCUT2D eigenvalue weighted by Crippen LogP contribution is -2.48. The summed E-state index contributed by atoms with van der Waals surface area (Å²) in [5.41, 5.74) is 5.47. The average molecular weight is 325 g/mol. The van der Waals surface area contributed by atoms with Crippen molar-refractivity contribution in [1.29, 1.82) is 0 Å². The number of fused-ring (bicyclic) bond motifs is 1. The third-order valence-electron chi connectivity index (χ3n) is 3.77. The van der Waals surface area contributed by atoms with E-state index in [0.717, 1.165) is 12.1 Å². The van der Waals surface area contributed by atoms with Gasteiger partial charge in [0.1, 0.15) is 0 Å². The molecule has 23 heavy (non-hydrogen) atoms. The van der Waals surface area contributed by atoms with E-state index in [9.17, 15) is 18.0 Å². The maximum absolute atomic E-state index is 12.8. The zero-order chi connectivity index (χ0) is 16.6. The number of carbonyl (C=O) groups excluding carboxylic acids is 1. The van der Waals surface area contributed by atoms with Gasteiger partial charge in [0.15, 0.2) is 6.10 Å². The molecule has 2 N–H and O–H groups in total. The Morgan fingerprint density at radius 2 is 2.13 bits per heavy atom. The van der Waals surface area contributed by atoms with Gasteiger partial charge in [-0.25, -0.2) is 0 Å². The number of hydrogen-bond donors (Lipinski definition) is 1. The van der Waals surface area contributed by atoms with Gasteiger partial charge in [0.05, 0.1) is 24.2 Å². The van der Waals surface area contributed by atoms with Crippen LogP contribution in [-0.2, 0) is 15.7 Å². The van der Waals surface area contributed by atoms with Gasteiger partial charge >= 0.3 is 6.18 Å². The molecule has 0 spiro atoms.